The molecule has 5 nitrogen and oxygen atoms in total. The average molecular weight is 275 g/mol. The summed E-state index contributed by atoms with van der Waals surface area (Å²) in [4.78, 5) is 16.1. The van der Waals surface area contributed by atoms with Crippen molar-refractivity contribution >= 4 is 16.7 Å². The molecule has 0 saturated carbocycles. The number of nitrogens with zero attached hydrogens (tertiary/aromatic N) is 1. The molecule has 106 valence electrons. The van der Waals surface area contributed by atoms with Gasteiger partial charge in [0.2, 0.25) is 5.75 Å². The van der Waals surface area contributed by atoms with Crippen LogP contribution in [-0.2, 0) is 0 Å². The van der Waals surface area contributed by atoms with Crippen molar-refractivity contribution in [2.75, 3.05) is 21.3 Å². The highest BCUT2D eigenvalue weighted by molar-refractivity contribution is 6.00. The number of benzene rings is 1. The lowest BCUT2D eigenvalue weighted by Gasteiger charge is -2.15. The van der Waals surface area contributed by atoms with Gasteiger partial charge in [-0.25, -0.2) is 4.98 Å². The zero-order chi connectivity index (χ0) is 14.9. The van der Waals surface area contributed by atoms with Gasteiger partial charge in [0.05, 0.1) is 21.3 Å². The van der Waals surface area contributed by atoms with Crippen LogP contribution in [0.15, 0.2) is 12.1 Å². The number of carbonyl (C=O) groups is 1. The summed E-state index contributed by atoms with van der Waals surface area (Å²) in [6, 6.07) is 3.58. The van der Waals surface area contributed by atoms with Gasteiger partial charge >= 0.3 is 0 Å². The predicted molar refractivity (Wildman–Crippen MR) is 76.1 cm³/mol. The molecule has 0 fully saturated rings. The van der Waals surface area contributed by atoms with Gasteiger partial charge in [-0.15, -0.1) is 0 Å². The molecule has 1 aromatic heterocycles. The number of Topliss-reactive ketones (excluding diaryl/α,β-unsaturated/α-hetero) is 1. The number of carbonyl (C=O) groups excluding carboxylic acids is 1. The minimum absolute atomic E-state index is 0.0225. The van der Waals surface area contributed by atoms with Crippen molar-refractivity contribution in [1.82, 2.24) is 4.98 Å². The van der Waals surface area contributed by atoms with E-state index in [1.807, 2.05) is 0 Å². The first-order chi connectivity index (χ1) is 9.53. The third-order valence-corrected chi connectivity index (χ3v) is 3.18. The van der Waals surface area contributed by atoms with Gasteiger partial charge in [0, 0.05) is 16.6 Å². The summed E-state index contributed by atoms with van der Waals surface area (Å²) in [6.45, 7) is 3.32. The van der Waals surface area contributed by atoms with Crippen LogP contribution < -0.4 is 14.2 Å². The molecule has 2 aromatic rings. The number of rotatable bonds is 4. The van der Waals surface area contributed by atoms with E-state index in [0.29, 0.717) is 34.0 Å². The summed E-state index contributed by atoms with van der Waals surface area (Å²) >= 11 is 0. The summed E-state index contributed by atoms with van der Waals surface area (Å²) in [5.41, 5.74) is 1.90. The second-order valence-electron chi connectivity index (χ2n) is 4.39. The number of ether oxygens (including phenoxy) is 3. The van der Waals surface area contributed by atoms with Gasteiger partial charge in [0.25, 0.3) is 0 Å². The van der Waals surface area contributed by atoms with Crippen LogP contribution in [0.3, 0.4) is 0 Å². The number of methoxy groups -OCH3 is 3. The van der Waals surface area contributed by atoms with E-state index in [0.717, 1.165) is 5.39 Å². The minimum atomic E-state index is -0.0225. The highest BCUT2D eigenvalue weighted by Gasteiger charge is 2.19. The Bertz CT molecular complexity index is 679. The van der Waals surface area contributed by atoms with Crippen LogP contribution in [0.5, 0.6) is 17.2 Å². The Labute approximate surface area is 117 Å². The monoisotopic (exact) mass is 275 g/mol. The van der Waals surface area contributed by atoms with Gasteiger partial charge in [0.1, 0.15) is 5.52 Å². The maximum atomic E-state index is 11.6. The summed E-state index contributed by atoms with van der Waals surface area (Å²) in [5.74, 6) is 1.51. The number of aromatic nitrogens is 1. The topological polar surface area (TPSA) is 57.7 Å². The fourth-order valence-electron chi connectivity index (χ4n) is 2.23. The predicted octanol–water partition coefficient (Wildman–Crippen LogP) is 2.77. The Morgan fingerprint density at radius 2 is 1.70 bits per heavy atom. The molecule has 5 heteroatoms. The van der Waals surface area contributed by atoms with E-state index in [9.17, 15) is 4.79 Å². The van der Waals surface area contributed by atoms with E-state index in [2.05, 4.69) is 4.98 Å². The number of aryl methyl sites for hydroxylation is 1. The van der Waals surface area contributed by atoms with Crippen LogP contribution in [0.2, 0.25) is 0 Å². The van der Waals surface area contributed by atoms with Crippen molar-refractivity contribution in [1.29, 1.82) is 0 Å². The molecule has 1 heterocycles. The first-order valence-electron chi connectivity index (χ1n) is 6.14. The Balaban J connectivity index is 2.88. The number of fused-ring (bicyclic) bond motifs is 1. The van der Waals surface area contributed by atoms with Gasteiger partial charge in [-0.05, 0) is 26.0 Å². The zero-order valence-electron chi connectivity index (χ0n) is 12.2. The van der Waals surface area contributed by atoms with E-state index < -0.39 is 0 Å². The maximum Gasteiger partial charge on any atom is 0.205 e. The fourth-order valence-corrected chi connectivity index (χ4v) is 2.23. The first-order valence-corrected chi connectivity index (χ1v) is 6.14. The molecule has 20 heavy (non-hydrogen) atoms. The molecule has 0 aliphatic heterocycles. The molecule has 1 aromatic carbocycles. The molecular weight excluding hydrogens is 258 g/mol. The Morgan fingerprint density at radius 1 is 1.05 bits per heavy atom. The van der Waals surface area contributed by atoms with Crippen LogP contribution in [0.4, 0.5) is 0 Å². The summed E-state index contributed by atoms with van der Waals surface area (Å²) in [6.07, 6.45) is 0. The van der Waals surface area contributed by atoms with E-state index in [1.165, 1.54) is 6.92 Å². The Hall–Kier alpha value is -2.30. The summed E-state index contributed by atoms with van der Waals surface area (Å²) in [5, 5.41) is 0.773. The molecule has 0 aliphatic rings. The van der Waals surface area contributed by atoms with Crippen molar-refractivity contribution in [3.63, 3.8) is 0 Å². The lowest BCUT2D eigenvalue weighted by molar-refractivity contribution is 0.101. The number of hydrogen-bond donors (Lipinski definition) is 0. The van der Waals surface area contributed by atoms with E-state index >= 15 is 0 Å². The highest BCUT2D eigenvalue weighted by atomic mass is 16.5. The fraction of sp³-hybridized carbons (Fsp3) is 0.333. The van der Waals surface area contributed by atoms with Gasteiger partial charge < -0.3 is 14.2 Å². The Kier molecular flexibility index (Phi) is 3.79. The number of pyridine rings is 1. The Morgan fingerprint density at radius 3 is 2.20 bits per heavy atom. The average Bonchev–Trinajstić information content (AvgIpc) is 2.44. The summed E-state index contributed by atoms with van der Waals surface area (Å²) in [7, 11) is 4.65. The zero-order valence-corrected chi connectivity index (χ0v) is 12.2. The lowest BCUT2D eigenvalue weighted by atomic mass is 10.1. The maximum absolute atomic E-state index is 11.6. The van der Waals surface area contributed by atoms with Crippen molar-refractivity contribution < 1.29 is 19.0 Å². The minimum Gasteiger partial charge on any atom is -0.493 e. The van der Waals surface area contributed by atoms with E-state index in [1.54, 1.807) is 40.4 Å². The second-order valence-corrected chi connectivity index (χ2v) is 4.39. The largest absolute Gasteiger partial charge is 0.493 e. The third kappa shape index (κ3) is 2.15. The number of ketones is 1. The van der Waals surface area contributed by atoms with E-state index in [4.69, 9.17) is 14.2 Å². The van der Waals surface area contributed by atoms with Gasteiger partial charge in [-0.3, -0.25) is 4.79 Å². The third-order valence-electron chi connectivity index (χ3n) is 3.18. The molecule has 0 atom stereocenters. The molecule has 0 radical (unpaired) electrons. The van der Waals surface area contributed by atoms with Crippen LogP contribution in [-0.4, -0.2) is 32.1 Å². The SMILES string of the molecule is COc1cc2cc(C(C)=O)c(C)nc2c(OC)c1OC. The normalized spacial score (nSPS) is 10.4. The standard InChI is InChI=1S/C15H17NO4/c1-8-11(9(2)17)6-10-7-12(18-3)14(19-4)15(20-5)13(10)16-8/h6-7H,1-5H3. The highest BCUT2D eigenvalue weighted by Crippen LogP contribution is 2.42. The van der Waals surface area contributed by atoms with Crippen LogP contribution in [0.25, 0.3) is 10.9 Å². The molecule has 0 bridgehead atoms. The van der Waals surface area contributed by atoms with Crippen molar-refractivity contribution in [3.05, 3.63) is 23.4 Å². The smallest absolute Gasteiger partial charge is 0.205 e. The van der Waals surface area contributed by atoms with Crippen molar-refractivity contribution in [2.24, 2.45) is 0 Å². The van der Waals surface area contributed by atoms with Crippen molar-refractivity contribution in [2.45, 2.75) is 13.8 Å². The second kappa shape index (κ2) is 5.36. The van der Waals surface area contributed by atoms with E-state index in [-0.39, 0.29) is 5.78 Å². The molecule has 0 aliphatic carbocycles. The van der Waals surface area contributed by atoms with Gasteiger partial charge in [-0.1, -0.05) is 0 Å². The molecule has 0 unspecified atom stereocenters. The number of hydrogen-bond acceptors (Lipinski definition) is 5. The molecular formula is C15H17NO4. The molecule has 0 spiro atoms. The first kappa shape index (κ1) is 14.1. The molecule has 0 N–H and O–H groups in total. The van der Waals surface area contributed by atoms with Crippen LogP contribution >= 0.6 is 0 Å². The van der Waals surface area contributed by atoms with Gasteiger partial charge in [-0.2, -0.15) is 0 Å². The molecule has 2 rings (SSSR count). The van der Waals surface area contributed by atoms with Crippen molar-refractivity contribution in [3.8, 4) is 17.2 Å². The van der Waals surface area contributed by atoms with Crippen LogP contribution in [0, 0.1) is 6.92 Å². The summed E-state index contributed by atoms with van der Waals surface area (Å²) < 4.78 is 16.0. The van der Waals surface area contributed by atoms with Gasteiger partial charge in [0.15, 0.2) is 17.3 Å². The van der Waals surface area contributed by atoms with Crippen LogP contribution in [0.1, 0.15) is 23.0 Å². The molecule has 0 saturated heterocycles. The molecule has 0 amide bonds. The lowest BCUT2D eigenvalue weighted by Crippen LogP contribution is -2.02. The quantitative estimate of drug-likeness (QED) is 0.803.